The van der Waals surface area contributed by atoms with Gasteiger partial charge in [0.2, 0.25) is 0 Å². The first kappa shape index (κ1) is 12.9. The van der Waals surface area contributed by atoms with Gasteiger partial charge in [0.1, 0.15) is 11.5 Å². The minimum Gasteiger partial charge on any atom is -0.308 e. The SMILES string of the molecule is CC(C)c1cc(NN)nc(-c2ncccc2Br)n1. The molecular weight excluding hydrogens is 294 g/mol. The summed E-state index contributed by atoms with van der Waals surface area (Å²) < 4.78 is 0.855. The van der Waals surface area contributed by atoms with Crippen LogP contribution in [0.25, 0.3) is 11.5 Å². The van der Waals surface area contributed by atoms with E-state index in [-0.39, 0.29) is 0 Å². The molecule has 2 aromatic heterocycles. The van der Waals surface area contributed by atoms with Crippen molar-refractivity contribution in [1.82, 2.24) is 15.0 Å². The second-order valence-corrected chi connectivity index (χ2v) is 4.99. The molecule has 6 heteroatoms. The lowest BCUT2D eigenvalue weighted by Gasteiger charge is -2.10. The molecule has 0 spiro atoms. The summed E-state index contributed by atoms with van der Waals surface area (Å²) in [6, 6.07) is 5.59. The third kappa shape index (κ3) is 2.65. The number of hydrogen-bond acceptors (Lipinski definition) is 5. The smallest absolute Gasteiger partial charge is 0.181 e. The molecule has 2 aromatic rings. The Bertz CT molecular complexity index is 556. The van der Waals surface area contributed by atoms with E-state index >= 15 is 0 Å². The van der Waals surface area contributed by atoms with Gasteiger partial charge in [-0.2, -0.15) is 0 Å². The molecule has 0 saturated heterocycles. The van der Waals surface area contributed by atoms with Crippen molar-refractivity contribution < 1.29 is 0 Å². The van der Waals surface area contributed by atoms with E-state index in [1.165, 1.54) is 0 Å². The van der Waals surface area contributed by atoms with E-state index in [2.05, 4.69) is 50.2 Å². The average Bonchev–Trinajstić information content (AvgIpc) is 2.38. The molecular formula is C12H14BrN5. The Hall–Kier alpha value is -1.53. The summed E-state index contributed by atoms with van der Waals surface area (Å²) in [5, 5.41) is 0. The summed E-state index contributed by atoms with van der Waals surface area (Å²) in [7, 11) is 0. The lowest BCUT2D eigenvalue weighted by molar-refractivity contribution is 0.816. The number of anilines is 1. The van der Waals surface area contributed by atoms with Crippen LogP contribution in [0, 0.1) is 0 Å². The summed E-state index contributed by atoms with van der Waals surface area (Å²) in [4.78, 5) is 13.1. The summed E-state index contributed by atoms with van der Waals surface area (Å²) in [6.45, 7) is 4.14. The van der Waals surface area contributed by atoms with Crippen LogP contribution in [0.3, 0.4) is 0 Å². The van der Waals surface area contributed by atoms with Gasteiger partial charge in [0.15, 0.2) is 5.82 Å². The molecule has 0 aliphatic carbocycles. The highest BCUT2D eigenvalue weighted by Crippen LogP contribution is 2.25. The maximum Gasteiger partial charge on any atom is 0.181 e. The summed E-state index contributed by atoms with van der Waals surface area (Å²) in [5.74, 6) is 6.87. The second-order valence-electron chi connectivity index (χ2n) is 4.13. The van der Waals surface area contributed by atoms with Crippen LogP contribution in [0.1, 0.15) is 25.5 Å². The van der Waals surface area contributed by atoms with Crippen LogP contribution in [-0.2, 0) is 0 Å². The summed E-state index contributed by atoms with van der Waals surface area (Å²) in [6.07, 6.45) is 1.71. The van der Waals surface area contributed by atoms with Crippen molar-refractivity contribution in [2.24, 2.45) is 5.84 Å². The van der Waals surface area contributed by atoms with Gasteiger partial charge < -0.3 is 5.43 Å². The van der Waals surface area contributed by atoms with Gasteiger partial charge in [0.05, 0.1) is 0 Å². The van der Waals surface area contributed by atoms with Crippen LogP contribution in [0.5, 0.6) is 0 Å². The zero-order valence-electron chi connectivity index (χ0n) is 10.2. The van der Waals surface area contributed by atoms with Crippen LogP contribution in [0.15, 0.2) is 28.9 Å². The fourth-order valence-electron chi connectivity index (χ4n) is 1.49. The fraction of sp³-hybridized carbons (Fsp3) is 0.250. The second kappa shape index (κ2) is 5.41. The molecule has 0 bridgehead atoms. The Labute approximate surface area is 114 Å². The Morgan fingerprint density at radius 3 is 2.72 bits per heavy atom. The van der Waals surface area contributed by atoms with Crippen molar-refractivity contribution in [2.45, 2.75) is 19.8 Å². The molecule has 0 saturated carbocycles. The van der Waals surface area contributed by atoms with E-state index in [9.17, 15) is 0 Å². The number of nitrogens with one attached hydrogen (secondary N) is 1. The number of rotatable bonds is 3. The zero-order chi connectivity index (χ0) is 13.1. The Kier molecular flexibility index (Phi) is 3.88. The van der Waals surface area contributed by atoms with E-state index in [0.717, 1.165) is 10.2 Å². The molecule has 0 aromatic carbocycles. The molecule has 0 aliphatic heterocycles. The van der Waals surface area contributed by atoms with Gasteiger partial charge >= 0.3 is 0 Å². The van der Waals surface area contributed by atoms with Crippen molar-refractivity contribution in [1.29, 1.82) is 0 Å². The largest absolute Gasteiger partial charge is 0.308 e. The molecule has 0 atom stereocenters. The lowest BCUT2D eigenvalue weighted by atomic mass is 10.1. The lowest BCUT2D eigenvalue weighted by Crippen LogP contribution is -2.11. The summed E-state index contributed by atoms with van der Waals surface area (Å²) >= 11 is 3.45. The summed E-state index contributed by atoms with van der Waals surface area (Å²) in [5.41, 5.74) is 4.18. The Morgan fingerprint density at radius 1 is 1.33 bits per heavy atom. The molecule has 2 heterocycles. The van der Waals surface area contributed by atoms with Crippen LogP contribution in [0.2, 0.25) is 0 Å². The predicted molar refractivity (Wildman–Crippen MR) is 74.9 cm³/mol. The van der Waals surface area contributed by atoms with Crippen molar-refractivity contribution in [2.75, 3.05) is 5.43 Å². The van der Waals surface area contributed by atoms with Crippen LogP contribution in [-0.4, -0.2) is 15.0 Å². The first-order valence-corrected chi connectivity index (χ1v) is 6.37. The van der Waals surface area contributed by atoms with Gasteiger partial charge in [-0.3, -0.25) is 4.98 Å². The average molecular weight is 308 g/mol. The highest BCUT2D eigenvalue weighted by Gasteiger charge is 2.12. The molecule has 0 aliphatic rings. The quantitative estimate of drug-likeness (QED) is 0.673. The van der Waals surface area contributed by atoms with E-state index in [0.29, 0.717) is 23.3 Å². The minimum atomic E-state index is 0.293. The van der Waals surface area contributed by atoms with Gasteiger partial charge in [-0.05, 0) is 34.0 Å². The topological polar surface area (TPSA) is 76.7 Å². The minimum absolute atomic E-state index is 0.293. The molecule has 5 nitrogen and oxygen atoms in total. The normalized spacial score (nSPS) is 10.7. The number of hydrogen-bond donors (Lipinski definition) is 2. The molecule has 18 heavy (non-hydrogen) atoms. The van der Waals surface area contributed by atoms with Gasteiger partial charge in [-0.25, -0.2) is 15.8 Å². The molecule has 3 N–H and O–H groups in total. The van der Waals surface area contributed by atoms with Crippen molar-refractivity contribution in [3.63, 3.8) is 0 Å². The Morgan fingerprint density at radius 2 is 2.11 bits per heavy atom. The number of nitrogens with zero attached hydrogens (tertiary/aromatic N) is 3. The number of nitrogens with two attached hydrogens (primary N) is 1. The van der Waals surface area contributed by atoms with Crippen LogP contribution >= 0.6 is 15.9 Å². The standard InChI is InChI=1S/C12H14BrN5/c1-7(2)9-6-10(18-14)17-12(16-9)11-8(13)4-3-5-15-11/h3-7H,14H2,1-2H3,(H,16,17,18). The first-order chi connectivity index (χ1) is 8.61. The molecule has 0 unspecified atom stereocenters. The number of nitrogen functional groups attached to an aromatic ring is 1. The van der Waals surface area contributed by atoms with E-state index in [1.807, 2.05) is 18.2 Å². The number of halogens is 1. The maximum atomic E-state index is 5.43. The highest BCUT2D eigenvalue weighted by atomic mass is 79.9. The molecule has 94 valence electrons. The van der Waals surface area contributed by atoms with Gasteiger partial charge in [-0.15, -0.1) is 0 Å². The predicted octanol–water partition coefficient (Wildman–Crippen LogP) is 2.71. The monoisotopic (exact) mass is 307 g/mol. The third-order valence-electron chi connectivity index (χ3n) is 2.46. The van der Waals surface area contributed by atoms with Gasteiger partial charge in [0, 0.05) is 22.4 Å². The van der Waals surface area contributed by atoms with Gasteiger partial charge in [-0.1, -0.05) is 13.8 Å². The number of pyridine rings is 1. The highest BCUT2D eigenvalue weighted by molar-refractivity contribution is 9.10. The number of aromatic nitrogens is 3. The zero-order valence-corrected chi connectivity index (χ0v) is 11.8. The van der Waals surface area contributed by atoms with E-state index in [1.54, 1.807) is 6.20 Å². The van der Waals surface area contributed by atoms with E-state index < -0.39 is 0 Å². The van der Waals surface area contributed by atoms with Crippen molar-refractivity contribution in [3.8, 4) is 11.5 Å². The van der Waals surface area contributed by atoms with Crippen LogP contribution in [0.4, 0.5) is 5.82 Å². The first-order valence-electron chi connectivity index (χ1n) is 5.58. The molecule has 0 radical (unpaired) electrons. The molecule has 0 amide bonds. The Balaban J connectivity index is 2.57. The van der Waals surface area contributed by atoms with Crippen LogP contribution < -0.4 is 11.3 Å². The number of hydrazine groups is 1. The molecule has 2 rings (SSSR count). The third-order valence-corrected chi connectivity index (χ3v) is 3.10. The molecule has 0 fully saturated rings. The maximum absolute atomic E-state index is 5.43. The van der Waals surface area contributed by atoms with Crippen molar-refractivity contribution in [3.05, 3.63) is 34.6 Å². The van der Waals surface area contributed by atoms with Gasteiger partial charge in [0.25, 0.3) is 0 Å². The fourth-order valence-corrected chi connectivity index (χ4v) is 1.92. The van der Waals surface area contributed by atoms with E-state index in [4.69, 9.17) is 5.84 Å². The van der Waals surface area contributed by atoms with Crippen molar-refractivity contribution >= 4 is 21.7 Å².